The van der Waals surface area contributed by atoms with Crippen LogP contribution in [0.15, 0.2) is 0 Å². The Labute approximate surface area is 112 Å². The molecule has 0 spiro atoms. The van der Waals surface area contributed by atoms with Gasteiger partial charge >= 0.3 is 5.97 Å². The zero-order valence-electron chi connectivity index (χ0n) is 11.4. The number of nitrogens with zero attached hydrogens (tertiary/aromatic N) is 2. The minimum Gasteiger partial charge on any atom is -0.469 e. The van der Waals surface area contributed by atoms with E-state index in [1.165, 1.54) is 7.11 Å². The maximum atomic E-state index is 12.3. The highest BCUT2D eigenvalue weighted by atomic mass is 16.5. The molecular formula is C13H20N2O4. The van der Waals surface area contributed by atoms with Gasteiger partial charge < -0.3 is 14.5 Å². The van der Waals surface area contributed by atoms with Crippen molar-refractivity contribution in [2.24, 2.45) is 11.8 Å². The summed E-state index contributed by atoms with van der Waals surface area (Å²) in [5, 5.41) is 0. The average molecular weight is 268 g/mol. The SMILES string of the molecule is COC(=O)C1CCN(C(=O)[C@H]2CC(=O)N(C)C2)CC1. The van der Waals surface area contributed by atoms with Gasteiger partial charge in [0.15, 0.2) is 0 Å². The van der Waals surface area contributed by atoms with Crippen molar-refractivity contribution in [1.82, 2.24) is 9.80 Å². The zero-order chi connectivity index (χ0) is 14.0. The minimum absolute atomic E-state index is 0.0304. The molecule has 6 nitrogen and oxygen atoms in total. The van der Waals surface area contributed by atoms with Gasteiger partial charge in [-0.05, 0) is 12.8 Å². The van der Waals surface area contributed by atoms with E-state index in [0.717, 1.165) is 0 Å². The van der Waals surface area contributed by atoms with E-state index in [0.29, 0.717) is 38.9 Å². The van der Waals surface area contributed by atoms with Gasteiger partial charge in [0.1, 0.15) is 0 Å². The predicted octanol–water partition coefficient (Wildman–Crippen LogP) is -0.124. The summed E-state index contributed by atoms with van der Waals surface area (Å²) >= 11 is 0. The first-order valence-corrected chi connectivity index (χ1v) is 6.63. The van der Waals surface area contributed by atoms with Crippen molar-refractivity contribution in [3.05, 3.63) is 0 Å². The second-order valence-electron chi connectivity index (χ2n) is 5.30. The summed E-state index contributed by atoms with van der Waals surface area (Å²) in [5.41, 5.74) is 0. The molecule has 0 N–H and O–H groups in total. The lowest BCUT2D eigenvalue weighted by Gasteiger charge is -2.32. The monoisotopic (exact) mass is 268 g/mol. The Bertz CT molecular complexity index is 388. The lowest BCUT2D eigenvalue weighted by molar-refractivity contribution is -0.149. The second-order valence-corrected chi connectivity index (χ2v) is 5.30. The molecule has 106 valence electrons. The number of carbonyl (C=O) groups excluding carboxylic acids is 3. The van der Waals surface area contributed by atoms with Crippen LogP contribution in [0.3, 0.4) is 0 Å². The molecule has 2 heterocycles. The van der Waals surface area contributed by atoms with Crippen LogP contribution in [-0.2, 0) is 19.1 Å². The number of ether oxygens (including phenoxy) is 1. The van der Waals surface area contributed by atoms with Gasteiger partial charge in [-0.2, -0.15) is 0 Å². The van der Waals surface area contributed by atoms with Gasteiger partial charge in [-0.25, -0.2) is 0 Å². The summed E-state index contributed by atoms with van der Waals surface area (Å²) in [6.07, 6.45) is 1.61. The molecule has 2 fully saturated rings. The van der Waals surface area contributed by atoms with Gasteiger partial charge in [0, 0.05) is 33.1 Å². The van der Waals surface area contributed by atoms with Crippen molar-refractivity contribution in [2.45, 2.75) is 19.3 Å². The minimum atomic E-state index is -0.216. The summed E-state index contributed by atoms with van der Waals surface area (Å²) in [5.74, 6) is -0.430. The van der Waals surface area contributed by atoms with Crippen LogP contribution >= 0.6 is 0 Å². The number of hydrogen-bond donors (Lipinski definition) is 0. The summed E-state index contributed by atoms with van der Waals surface area (Å²) in [6, 6.07) is 0. The molecule has 0 radical (unpaired) electrons. The van der Waals surface area contributed by atoms with Gasteiger partial charge in [-0.1, -0.05) is 0 Å². The average Bonchev–Trinajstić information content (AvgIpc) is 2.77. The number of amides is 2. The Balaban J connectivity index is 1.86. The summed E-state index contributed by atoms with van der Waals surface area (Å²) in [6.45, 7) is 1.66. The number of esters is 1. The van der Waals surface area contributed by atoms with Crippen LogP contribution in [0.1, 0.15) is 19.3 Å². The van der Waals surface area contributed by atoms with E-state index < -0.39 is 0 Å². The predicted molar refractivity (Wildman–Crippen MR) is 67.1 cm³/mol. The van der Waals surface area contributed by atoms with E-state index in [4.69, 9.17) is 4.74 Å². The summed E-state index contributed by atoms with van der Waals surface area (Å²) in [4.78, 5) is 38.5. The molecule has 0 saturated carbocycles. The Morgan fingerprint density at radius 1 is 1.21 bits per heavy atom. The lowest BCUT2D eigenvalue weighted by atomic mass is 9.95. The molecule has 0 unspecified atom stereocenters. The van der Waals surface area contributed by atoms with Crippen LogP contribution in [0.4, 0.5) is 0 Å². The van der Waals surface area contributed by atoms with Gasteiger partial charge in [0.25, 0.3) is 0 Å². The van der Waals surface area contributed by atoms with Crippen molar-refractivity contribution in [1.29, 1.82) is 0 Å². The molecule has 6 heteroatoms. The molecular weight excluding hydrogens is 248 g/mol. The number of rotatable bonds is 2. The third kappa shape index (κ3) is 2.88. The Kier molecular flexibility index (Phi) is 4.07. The van der Waals surface area contributed by atoms with Gasteiger partial charge in [0.2, 0.25) is 11.8 Å². The van der Waals surface area contributed by atoms with Crippen molar-refractivity contribution >= 4 is 17.8 Å². The standard InChI is InChI=1S/C13H20N2O4/c1-14-8-10(7-11(14)16)12(17)15-5-3-9(4-6-15)13(18)19-2/h9-10H,3-8H2,1-2H3/t10-/m0/s1. The normalized spacial score (nSPS) is 24.7. The molecule has 1 atom stereocenters. The fourth-order valence-electron chi connectivity index (χ4n) is 2.79. The van der Waals surface area contributed by atoms with Crippen LogP contribution < -0.4 is 0 Å². The second kappa shape index (κ2) is 5.59. The number of piperidine rings is 1. The quantitative estimate of drug-likeness (QED) is 0.655. The molecule has 2 saturated heterocycles. The van der Waals surface area contributed by atoms with Crippen LogP contribution in [-0.4, -0.2) is 61.4 Å². The van der Waals surface area contributed by atoms with Crippen LogP contribution in [0.5, 0.6) is 0 Å². The van der Waals surface area contributed by atoms with E-state index in [1.807, 2.05) is 0 Å². The molecule has 0 bridgehead atoms. The fourth-order valence-corrected chi connectivity index (χ4v) is 2.79. The molecule has 0 aliphatic carbocycles. The Morgan fingerprint density at radius 3 is 2.32 bits per heavy atom. The third-order valence-corrected chi connectivity index (χ3v) is 4.03. The fraction of sp³-hybridized carbons (Fsp3) is 0.769. The van der Waals surface area contributed by atoms with E-state index in [2.05, 4.69) is 0 Å². The molecule has 2 aliphatic rings. The first-order chi connectivity index (χ1) is 9.02. The molecule has 2 rings (SSSR count). The number of likely N-dealkylation sites (tertiary alicyclic amines) is 2. The zero-order valence-corrected chi connectivity index (χ0v) is 11.4. The van der Waals surface area contributed by atoms with Gasteiger partial charge in [-0.3, -0.25) is 14.4 Å². The largest absolute Gasteiger partial charge is 0.469 e. The van der Waals surface area contributed by atoms with Crippen molar-refractivity contribution in [2.75, 3.05) is 33.8 Å². The van der Waals surface area contributed by atoms with Crippen molar-refractivity contribution < 1.29 is 19.1 Å². The van der Waals surface area contributed by atoms with Crippen LogP contribution in [0, 0.1) is 11.8 Å². The maximum Gasteiger partial charge on any atom is 0.308 e. The smallest absolute Gasteiger partial charge is 0.308 e. The number of methoxy groups -OCH3 is 1. The van der Waals surface area contributed by atoms with E-state index in [-0.39, 0.29) is 29.6 Å². The lowest BCUT2D eigenvalue weighted by Crippen LogP contribution is -2.43. The third-order valence-electron chi connectivity index (χ3n) is 4.03. The van der Waals surface area contributed by atoms with E-state index in [1.54, 1.807) is 16.8 Å². The van der Waals surface area contributed by atoms with E-state index in [9.17, 15) is 14.4 Å². The first-order valence-electron chi connectivity index (χ1n) is 6.63. The number of carbonyl (C=O) groups is 3. The Morgan fingerprint density at radius 2 is 1.84 bits per heavy atom. The maximum absolute atomic E-state index is 12.3. The molecule has 2 amide bonds. The topological polar surface area (TPSA) is 66.9 Å². The summed E-state index contributed by atoms with van der Waals surface area (Å²) < 4.78 is 4.72. The molecule has 0 aromatic rings. The first kappa shape index (κ1) is 13.8. The van der Waals surface area contributed by atoms with Gasteiger partial charge in [0.05, 0.1) is 18.9 Å². The van der Waals surface area contributed by atoms with Gasteiger partial charge in [-0.15, -0.1) is 0 Å². The Hall–Kier alpha value is -1.59. The molecule has 2 aliphatic heterocycles. The van der Waals surface area contributed by atoms with Crippen LogP contribution in [0.25, 0.3) is 0 Å². The molecule has 19 heavy (non-hydrogen) atoms. The summed E-state index contributed by atoms with van der Waals surface area (Å²) in [7, 11) is 3.11. The van der Waals surface area contributed by atoms with Crippen molar-refractivity contribution in [3.8, 4) is 0 Å². The molecule has 0 aromatic heterocycles. The highest BCUT2D eigenvalue weighted by Crippen LogP contribution is 2.23. The highest BCUT2D eigenvalue weighted by Gasteiger charge is 2.36. The molecule has 0 aromatic carbocycles. The van der Waals surface area contributed by atoms with Crippen LogP contribution in [0.2, 0.25) is 0 Å². The highest BCUT2D eigenvalue weighted by molar-refractivity contribution is 5.89. The number of hydrogen-bond acceptors (Lipinski definition) is 4. The van der Waals surface area contributed by atoms with E-state index >= 15 is 0 Å². The van der Waals surface area contributed by atoms with Crippen molar-refractivity contribution in [3.63, 3.8) is 0 Å².